The molecule has 0 aliphatic rings. The van der Waals surface area contributed by atoms with Gasteiger partial charge in [-0.15, -0.1) is 0 Å². The van der Waals surface area contributed by atoms with Crippen LogP contribution in [0.3, 0.4) is 0 Å². The highest BCUT2D eigenvalue weighted by atomic mass is 16.1. The van der Waals surface area contributed by atoms with Crippen molar-refractivity contribution in [2.75, 3.05) is 20.1 Å². The summed E-state index contributed by atoms with van der Waals surface area (Å²) in [4.78, 5) is 15.7. The summed E-state index contributed by atoms with van der Waals surface area (Å²) in [5.41, 5.74) is 1.33. The number of carbonyl (C=O) groups excluding carboxylic acids is 1. The summed E-state index contributed by atoms with van der Waals surface area (Å²) in [6, 6.07) is 3.99. The van der Waals surface area contributed by atoms with Gasteiger partial charge in [-0.05, 0) is 43.0 Å². The molecule has 0 saturated carbocycles. The number of rotatable bonds is 8. The molecule has 4 nitrogen and oxygen atoms in total. The van der Waals surface area contributed by atoms with Gasteiger partial charge in [0, 0.05) is 31.9 Å². The topological polar surface area (TPSA) is 54.0 Å². The standard InChI is InChI=1S/C15H25N3O/c1-15(2,11-16-3)12-18-14(19)6-4-5-13-7-9-17-10-8-13/h7-10,16H,4-6,11-12H2,1-3H3,(H,18,19). The fraction of sp³-hybridized carbons (Fsp3) is 0.600. The van der Waals surface area contributed by atoms with Crippen LogP contribution in [0.25, 0.3) is 0 Å². The van der Waals surface area contributed by atoms with Crippen molar-refractivity contribution < 1.29 is 4.79 Å². The molecule has 0 bridgehead atoms. The van der Waals surface area contributed by atoms with Gasteiger partial charge in [0.05, 0.1) is 0 Å². The van der Waals surface area contributed by atoms with E-state index in [1.165, 1.54) is 5.56 Å². The minimum Gasteiger partial charge on any atom is -0.356 e. The molecule has 1 heterocycles. The third kappa shape index (κ3) is 6.91. The van der Waals surface area contributed by atoms with Gasteiger partial charge in [0.15, 0.2) is 0 Å². The van der Waals surface area contributed by atoms with Crippen LogP contribution in [0, 0.1) is 5.41 Å². The molecule has 0 unspecified atom stereocenters. The van der Waals surface area contributed by atoms with Gasteiger partial charge in [-0.25, -0.2) is 0 Å². The number of nitrogens with one attached hydrogen (secondary N) is 2. The molecule has 0 atom stereocenters. The predicted molar refractivity (Wildman–Crippen MR) is 77.9 cm³/mol. The second-order valence-corrected chi connectivity index (χ2v) is 5.68. The number of hydrogen-bond donors (Lipinski definition) is 2. The first-order chi connectivity index (χ1) is 9.03. The third-order valence-corrected chi connectivity index (χ3v) is 3.04. The van der Waals surface area contributed by atoms with Crippen LogP contribution in [0.15, 0.2) is 24.5 Å². The van der Waals surface area contributed by atoms with E-state index in [9.17, 15) is 4.79 Å². The zero-order chi connectivity index (χ0) is 14.1. The van der Waals surface area contributed by atoms with Crippen LogP contribution in [-0.4, -0.2) is 31.0 Å². The van der Waals surface area contributed by atoms with Gasteiger partial charge in [-0.2, -0.15) is 0 Å². The van der Waals surface area contributed by atoms with Crippen LogP contribution in [0.5, 0.6) is 0 Å². The van der Waals surface area contributed by atoms with E-state index in [2.05, 4.69) is 29.5 Å². The number of aryl methyl sites for hydroxylation is 1. The first-order valence-electron chi connectivity index (χ1n) is 6.84. The quantitative estimate of drug-likeness (QED) is 0.751. The molecule has 0 fully saturated rings. The molecule has 0 aromatic carbocycles. The van der Waals surface area contributed by atoms with E-state index in [0.717, 1.165) is 19.4 Å². The molecule has 4 heteroatoms. The Morgan fingerprint density at radius 1 is 1.26 bits per heavy atom. The van der Waals surface area contributed by atoms with Crippen LogP contribution < -0.4 is 10.6 Å². The van der Waals surface area contributed by atoms with Crippen LogP contribution in [0.4, 0.5) is 0 Å². The lowest BCUT2D eigenvalue weighted by Gasteiger charge is -2.24. The van der Waals surface area contributed by atoms with Crippen molar-refractivity contribution in [3.05, 3.63) is 30.1 Å². The summed E-state index contributed by atoms with van der Waals surface area (Å²) < 4.78 is 0. The summed E-state index contributed by atoms with van der Waals surface area (Å²) in [7, 11) is 1.93. The van der Waals surface area contributed by atoms with Crippen LogP contribution >= 0.6 is 0 Å². The maximum absolute atomic E-state index is 11.7. The van der Waals surface area contributed by atoms with Gasteiger partial charge < -0.3 is 10.6 Å². The van der Waals surface area contributed by atoms with E-state index in [-0.39, 0.29) is 11.3 Å². The molecule has 2 N–H and O–H groups in total. The second kappa shape index (κ2) is 7.89. The van der Waals surface area contributed by atoms with Crippen molar-refractivity contribution >= 4 is 5.91 Å². The van der Waals surface area contributed by atoms with Crippen LogP contribution in [-0.2, 0) is 11.2 Å². The summed E-state index contributed by atoms with van der Waals surface area (Å²) in [5.74, 6) is 0.137. The average Bonchev–Trinajstić information content (AvgIpc) is 2.38. The molecule has 1 aromatic rings. The second-order valence-electron chi connectivity index (χ2n) is 5.68. The van der Waals surface area contributed by atoms with Gasteiger partial charge in [0.2, 0.25) is 5.91 Å². The number of pyridine rings is 1. The van der Waals surface area contributed by atoms with Crippen molar-refractivity contribution in [3.63, 3.8) is 0 Å². The Balaban J connectivity index is 2.18. The molecular formula is C15H25N3O. The average molecular weight is 263 g/mol. The summed E-state index contributed by atoms with van der Waals surface area (Å²) in [6.45, 7) is 5.88. The highest BCUT2D eigenvalue weighted by Crippen LogP contribution is 2.11. The number of aromatic nitrogens is 1. The molecule has 0 aliphatic carbocycles. The van der Waals surface area contributed by atoms with Gasteiger partial charge in [0.25, 0.3) is 0 Å². The Labute approximate surface area is 116 Å². The van der Waals surface area contributed by atoms with E-state index in [4.69, 9.17) is 0 Å². The molecule has 0 aliphatic heterocycles. The highest BCUT2D eigenvalue weighted by Gasteiger charge is 2.17. The number of amides is 1. The first-order valence-corrected chi connectivity index (χ1v) is 6.84. The Morgan fingerprint density at radius 2 is 1.95 bits per heavy atom. The monoisotopic (exact) mass is 263 g/mol. The minimum absolute atomic E-state index is 0.0928. The van der Waals surface area contributed by atoms with E-state index < -0.39 is 0 Å². The molecule has 0 saturated heterocycles. The van der Waals surface area contributed by atoms with E-state index in [0.29, 0.717) is 13.0 Å². The molecule has 0 spiro atoms. The summed E-state index contributed by atoms with van der Waals surface area (Å²) in [6.07, 6.45) is 5.96. The number of nitrogens with zero attached hydrogens (tertiary/aromatic N) is 1. The first kappa shape index (κ1) is 15.6. The Kier molecular flexibility index (Phi) is 6.50. The van der Waals surface area contributed by atoms with Gasteiger partial charge >= 0.3 is 0 Å². The van der Waals surface area contributed by atoms with Crippen LogP contribution in [0.2, 0.25) is 0 Å². The molecule has 1 rings (SSSR count). The van der Waals surface area contributed by atoms with Gasteiger partial charge in [-0.3, -0.25) is 9.78 Å². The highest BCUT2D eigenvalue weighted by molar-refractivity contribution is 5.75. The lowest BCUT2D eigenvalue weighted by molar-refractivity contribution is -0.121. The Bertz CT molecular complexity index is 376. The van der Waals surface area contributed by atoms with E-state index in [1.54, 1.807) is 12.4 Å². The van der Waals surface area contributed by atoms with Gasteiger partial charge in [0.1, 0.15) is 0 Å². The van der Waals surface area contributed by atoms with Crippen molar-refractivity contribution in [2.45, 2.75) is 33.1 Å². The fourth-order valence-electron chi connectivity index (χ4n) is 1.97. The molecule has 0 radical (unpaired) electrons. The van der Waals surface area contributed by atoms with E-state index >= 15 is 0 Å². The molecule has 106 valence electrons. The zero-order valence-corrected chi connectivity index (χ0v) is 12.2. The number of carbonyl (C=O) groups is 1. The van der Waals surface area contributed by atoms with E-state index in [1.807, 2.05) is 19.2 Å². The van der Waals surface area contributed by atoms with Gasteiger partial charge in [-0.1, -0.05) is 13.8 Å². The largest absolute Gasteiger partial charge is 0.356 e. The normalized spacial score (nSPS) is 11.3. The Morgan fingerprint density at radius 3 is 2.58 bits per heavy atom. The lowest BCUT2D eigenvalue weighted by atomic mass is 9.93. The zero-order valence-electron chi connectivity index (χ0n) is 12.2. The molecule has 19 heavy (non-hydrogen) atoms. The summed E-state index contributed by atoms with van der Waals surface area (Å²) >= 11 is 0. The molecule has 1 amide bonds. The maximum Gasteiger partial charge on any atom is 0.220 e. The lowest BCUT2D eigenvalue weighted by Crippen LogP contribution is -2.39. The van der Waals surface area contributed by atoms with Crippen molar-refractivity contribution in [2.24, 2.45) is 5.41 Å². The number of hydrogen-bond acceptors (Lipinski definition) is 3. The molecular weight excluding hydrogens is 238 g/mol. The maximum atomic E-state index is 11.7. The fourth-order valence-corrected chi connectivity index (χ4v) is 1.97. The third-order valence-electron chi connectivity index (χ3n) is 3.04. The minimum atomic E-state index is 0.0928. The predicted octanol–water partition coefficient (Wildman–Crippen LogP) is 1.77. The summed E-state index contributed by atoms with van der Waals surface area (Å²) in [5, 5.41) is 6.14. The van der Waals surface area contributed by atoms with Crippen molar-refractivity contribution in [1.82, 2.24) is 15.6 Å². The van der Waals surface area contributed by atoms with Crippen molar-refractivity contribution in [1.29, 1.82) is 0 Å². The SMILES string of the molecule is CNCC(C)(C)CNC(=O)CCCc1ccncc1. The smallest absolute Gasteiger partial charge is 0.220 e. The Hall–Kier alpha value is -1.42. The van der Waals surface area contributed by atoms with Crippen LogP contribution in [0.1, 0.15) is 32.3 Å². The molecule has 1 aromatic heterocycles. The van der Waals surface area contributed by atoms with Crippen molar-refractivity contribution in [3.8, 4) is 0 Å².